The van der Waals surface area contributed by atoms with Crippen molar-refractivity contribution < 1.29 is 0 Å². The van der Waals surface area contributed by atoms with Crippen molar-refractivity contribution in [3.05, 3.63) is 175 Å². The summed E-state index contributed by atoms with van der Waals surface area (Å²) in [7, 11) is 0. The Morgan fingerprint density at radius 1 is 0.397 bits per heavy atom. The van der Waals surface area contributed by atoms with Crippen molar-refractivity contribution in [3.8, 4) is 73.6 Å². The first-order valence-electron chi connectivity index (χ1n) is 20.7. The maximum absolute atomic E-state index is 9.48. The molecule has 1 heterocycles. The first-order chi connectivity index (χ1) is 28.5. The van der Waals surface area contributed by atoms with E-state index in [1.165, 1.54) is 49.7 Å². The number of benzene rings is 7. The topological polar surface area (TPSA) is 62.5 Å². The molecule has 7 aromatic carbocycles. The average Bonchev–Trinajstić information content (AvgIpc) is 3.28. The van der Waals surface area contributed by atoms with Gasteiger partial charge >= 0.3 is 0 Å². The number of rotatable bonds is 7. The van der Waals surface area contributed by atoms with Gasteiger partial charge in [-0.25, -0.2) is 15.0 Å². The van der Waals surface area contributed by atoms with Crippen LogP contribution in [0, 0.1) is 29.1 Å². The van der Waals surface area contributed by atoms with Crippen molar-refractivity contribution >= 4 is 10.8 Å². The minimum Gasteiger partial charge on any atom is -0.208 e. The van der Waals surface area contributed by atoms with E-state index in [-0.39, 0.29) is 0 Å². The number of fused-ring (bicyclic) bond motifs is 1. The van der Waals surface area contributed by atoms with E-state index < -0.39 is 0 Å². The second-order valence-corrected chi connectivity index (χ2v) is 17.1. The summed E-state index contributed by atoms with van der Waals surface area (Å²) in [5.74, 6) is 4.69. The monoisotopic (exact) mass is 746 g/mol. The highest BCUT2D eigenvalue weighted by Crippen LogP contribution is 2.60. The molecule has 0 unspecified atom stereocenters. The second kappa shape index (κ2) is 14.0. The third kappa shape index (κ3) is 6.38. The summed E-state index contributed by atoms with van der Waals surface area (Å²) in [5, 5.41) is 11.7. The predicted octanol–water partition coefficient (Wildman–Crippen LogP) is 13.4. The summed E-state index contributed by atoms with van der Waals surface area (Å²) in [6.45, 7) is 0. The largest absolute Gasteiger partial charge is 0.208 e. The van der Waals surface area contributed by atoms with Crippen LogP contribution in [0.1, 0.15) is 49.7 Å². The molecular formula is C54H42N4. The van der Waals surface area contributed by atoms with Crippen LogP contribution in [0.5, 0.6) is 0 Å². The number of nitriles is 1. The SMILES string of the molecule is N#Cc1ccc2ccc(-c3ccc(-c4cc(-c5ccc(C67CC8CC(CC(C8)C6)C7)cc5)cc(-c5nc(-c6ccccc6)nc(-c6ccccc6)n5)c4)cc3)cc2c1. The number of hydrogen-bond donors (Lipinski definition) is 0. The normalized spacial score (nSPS) is 20.6. The Balaban J connectivity index is 1.02. The van der Waals surface area contributed by atoms with Crippen molar-refractivity contribution in [1.82, 2.24) is 15.0 Å². The van der Waals surface area contributed by atoms with E-state index in [9.17, 15) is 5.26 Å². The third-order valence-corrected chi connectivity index (χ3v) is 13.3. The summed E-state index contributed by atoms with van der Waals surface area (Å²) >= 11 is 0. The van der Waals surface area contributed by atoms with Crippen LogP contribution in [0.4, 0.5) is 0 Å². The van der Waals surface area contributed by atoms with Gasteiger partial charge in [-0.15, -0.1) is 0 Å². The van der Waals surface area contributed by atoms with Crippen LogP contribution in [0.3, 0.4) is 0 Å². The smallest absolute Gasteiger partial charge is 0.164 e. The minimum atomic E-state index is 0.359. The van der Waals surface area contributed by atoms with E-state index in [1.807, 2.05) is 54.6 Å². The van der Waals surface area contributed by atoms with Crippen molar-refractivity contribution in [3.63, 3.8) is 0 Å². The number of aromatic nitrogens is 3. The molecule has 4 aliphatic carbocycles. The van der Waals surface area contributed by atoms with E-state index in [2.05, 4.69) is 115 Å². The fourth-order valence-corrected chi connectivity index (χ4v) is 10.9. The molecule has 4 saturated carbocycles. The van der Waals surface area contributed by atoms with E-state index in [4.69, 9.17) is 15.0 Å². The van der Waals surface area contributed by atoms with E-state index >= 15 is 0 Å². The lowest BCUT2D eigenvalue weighted by Gasteiger charge is -2.57. The standard InChI is InChI=1S/C54H42N4/c55-34-35-11-12-40-17-18-45(27-46(40)26-35)39-13-15-41(16-14-39)47-28-48(42-19-21-50(22-20-42)54-31-36-23-37(32-54)25-38(24-36)33-54)30-49(29-47)53-57-51(43-7-3-1-4-8-43)56-52(58-53)44-9-5-2-6-10-44/h1-22,26-30,36-38H,23-25,31-33H2. The predicted molar refractivity (Wildman–Crippen MR) is 235 cm³/mol. The van der Waals surface area contributed by atoms with Crippen molar-refractivity contribution in [2.45, 2.75) is 43.9 Å². The van der Waals surface area contributed by atoms with Crippen molar-refractivity contribution in [2.75, 3.05) is 0 Å². The molecule has 0 spiro atoms. The highest BCUT2D eigenvalue weighted by Gasteiger charge is 2.51. The van der Waals surface area contributed by atoms with Gasteiger partial charge in [0.05, 0.1) is 11.6 Å². The van der Waals surface area contributed by atoms with Gasteiger partial charge in [-0.05, 0) is 148 Å². The quantitative estimate of drug-likeness (QED) is 0.163. The molecular weight excluding hydrogens is 705 g/mol. The molecule has 0 atom stereocenters. The molecule has 12 rings (SSSR count). The van der Waals surface area contributed by atoms with Gasteiger partial charge in [0.1, 0.15) is 0 Å². The molecule has 4 aliphatic rings. The maximum Gasteiger partial charge on any atom is 0.164 e. The van der Waals surface area contributed by atoms with Gasteiger partial charge in [0.2, 0.25) is 0 Å². The minimum absolute atomic E-state index is 0.359. The summed E-state index contributed by atoms with van der Waals surface area (Å²) < 4.78 is 0. The van der Waals surface area contributed by atoms with E-state index in [1.54, 1.807) is 0 Å². The average molecular weight is 747 g/mol. The zero-order valence-corrected chi connectivity index (χ0v) is 32.4. The number of hydrogen-bond acceptors (Lipinski definition) is 4. The molecule has 0 amide bonds. The molecule has 4 fully saturated rings. The van der Waals surface area contributed by atoms with Crippen LogP contribution < -0.4 is 0 Å². The summed E-state index contributed by atoms with van der Waals surface area (Å²) in [6, 6.07) is 60.1. The van der Waals surface area contributed by atoms with E-state index in [0.29, 0.717) is 28.5 Å². The molecule has 1 aromatic heterocycles. The zero-order chi connectivity index (χ0) is 38.6. The molecule has 278 valence electrons. The fraction of sp³-hybridized carbons (Fsp3) is 0.185. The van der Waals surface area contributed by atoms with Gasteiger partial charge in [0, 0.05) is 16.7 Å². The number of nitrogens with zero attached hydrogens (tertiary/aromatic N) is 4. The van der Waals surface area contributed by atoms with Crippen LogP contribution in [0.2, 0.25) is 0 Å². The Morgan fingerprint density at radius 3 is 1.38 bits per heavy atom. The highest BCUT2D eigenvalue weighted by atomic mass is 15.0. The fourth-order valence-electron chi connectivity index (χ4n) is 10.9. The van der Waals surface area contributed by atoms with Gasteiger partial charge in [0.25, 0.3) is 0 Å². The Morgan fingerprint density at radius 2 is 0.845 bits per heavy atom. The third-order valence-electron chi connectivity index (χ3n) is 13.3. The molecule has 0 saturated heterocycles. The molecule has 0 aliphatic heterocycles. The Bertz CT molecular complexity index is 2760. The zero-order valence-electron chi connectivity index (χ0n) is 32.4. The molecule has 4 bridgehead atoms. The van der Waals surface area contributed by atoms with Gasteiger partial charge in [-0.1, -0.05) is 127 Å². The Hall–Kier alpha value is -6.70. The van der Waals surface area contributed by atoms with E-state index in [0.717, 1.165) is 73.0 Å². The molecule has 0 radical (unpaired) electrons. The summed E-state index contributed by atoms with van der Waals surface area (Å²) in [5.41, 5.74) is 12.2. The lowest BCUT2D eigenvalue weighted by molar-refractivity contribution is -0.00518. The first-order valence-corrected chi connectivity index (χ1v) is 20.7. The second-order valence-electron chi connectivity index (χ2n) is 17.1. The summed E-state index contributed by atoms with van der Waals surface area (Å²) in [6.07, 6.45) is 8.44. The van der Waals surface area contributed by atoms with Crippen molar-refractivity contribution in [2.24, 2.45) is 17.8 Å². The summed E-state index contributed by atoms with van der Waals surface area (Å²) in [4.78, 5) is 15.3. The van der Waals surface area contributed by atoms with Crippen LogP contribution in [0.15, 0.2) is 164 Å². The van der Waals surface area contributed by atoms with Crippen LogP contribution in [0.25, 0.3) is 78.3 Å². The van der Waals surface area contributed by atoms with Crippen LogP contribution in [-0.4, -0.2) is 15.0 Å². The first kappa shape index (κ1) is 34.5. The van der Waals surface area contributed by atoms with Crippen LogP contribution in [-0.2, 0) is 5.41 Å². The molecule has 4 nitrogen and oxygen atoms in total. The van der Waals surface area contributed by atoms with Gasteiger partial charge < -0.3 is 0 Å². The van der Waals surface area contributed by atoms with Crippen molar-refractivity contribution in [1.29, 1.82) is 5.26 Å². The van der Waals surface area contributed by atoms with Crippen LogP contribution >= 0.6 is 0 Å². The Labute approximate surface area is 340 Å². The lowest BCUT2D eigenvalue weighted by Crippen LogP contribution is -2.48. The Kier molecular flexibility index (Phi) is 8.36. The maximum atomic E-state index is 9.48. The lowest BCUT2D eigenvalue weighted by atomic mass is 9.48. The highest BCUT2D eigenvalue weighted by molar-refractivity contribution is 5.89. The molecule has 0 N–H and O–H groups in total. The van der Waals surface area contributed by atoms with Gasteiger partial charge in [-0.3, -0.25) is 0 Å². The molecule has 4 heteroatoms. The van der Waals surface area contributed by atoms with Gasteiger partial charge in [-0.2, -0.15) is 5.26 Å². The van der Waals surface area contributed by atoms with Gasteiger partial charge in [0.15, 0.2) is 17.5 Å². The molecule has 58 heavy (non-hydrogen) atoms. The molecule has 8 aromatic rings.